The third kappa shape index (κ3) is 2.01. The molecule has 1 heterocycles. The van der Waals surface area contributed by atoms with Crippen molar-refractivity contribution >= 4 is 29.7 Å². The number of carboxylic acids is 1. The molecule has 0 fully saturated rings. The Morgan fingerprint density at radius 1 is 1.70 bits per heavy atom. The van der Waals surface area contributed by atoms with E-state index < -0.39 is 5.97 Å². The van der Waals surface area contributed by atoms with E-state index in [4.69, 9.17) is 5.11 Å². The highest BCUT2D eigenvalue weighted by molar-refractivity contribution is 7.10. The fourth-order valence-corrected chi connectivity index (χ4v) is 1.23. The third-order valence-electron chi connectivity index (χ3n) is 0.978. The van der Waals surface area contributed by atoms with E-state index in [0.29, 0.717) is 5.56 Å². The number of aromatic carboxylic acids is 1. The molecular formula is C6H7ClO2S. The standard InChI is InChI=1S/C6H6O2S.ClH/c1-4-2-5(3-9-4)6(7)8;/h2-3H,1H3,(H,7,8);1H. The molecule has 1 rings (SSSR count). The second-order valence-corrected chi connectivity index (χ2v) is 2.87. The van der Waals surface area contributed by atoms with Crippen LogP contribution < -0.4 is 0 Å². The Morgan fingerprint density at radius 3 is 2.50 bits per heavy atom. The molecule has 0 aliphatic carbocycles. The molecule has 1 aromatic heterocycles. The first-order valence-corrected chi connectivity index (χ1v) is 3.36. The molecule has 0 saturated carbocycles. The number of carbonyl (C=O) groups is 1. The van der Waals surface area contributed by atoms with E-state index in [0.717, 1.165) is 4.88 Å². The molecule has 0 saturated heterocycles. The van der Waals surface area contributed by atoms with Gasteiger partial charge in [-0.2, -0.15) is 0 Å². The molecule has 1 aromatic rings. The summed E-state index contributed by atoms with van der Waals surface area (Å²) in [4.78, 5) is 11.3. The maximum atomic E-state index is 10.2. The van der Waals surface area contributed by atoms with Crippen LogP contribution in [0, 0.1) is 6.92 Å². The molecule has 0 aliphatic rings. The van der Waals surface area contributed by atoms with Crippen molar-refractivity contribution in [2.24, 2.45) is 0 Å². The fourth-order valence-electron chi connectivity index (χ4n) is 0.556. The summed E-state index contributed by atoms with van der Waals surface area (Å²) in [5.41, 5.74) is 0.387. The van der Waals surface area contributed by atoms with Crippen molar-refractivity contribution < 1.29 is 9.90 Å². The molecule has 0 radical (unpaired) electrons. The predicted molar refractivity (Wildman–Crippen MR) is 43.3 cm³/mol. The zero-order chi connectivity index (χ0) is 6.85. The zero-order valence-corrected chi connectivity index (χ0v) is 6.96. The summed E-state index contributed by atoms with van der Waals surface area (Å²) in [6.45, 7) is 1.89. The Morgan fingerprint density at radius 2 is 2.30 bits per heavy atom. The molecule has 1 N–H and O–H groups in total. The molecule has 0 unspecified atom stereocenters. The topological polar surface area (TPSA) is 37.3 Å². The first-order chi connectivity index (χ1) is 4.20. The quantitative estimate of drug-likeness (QED) is 0.716. The molecule has 4 heteroatoms. The maximum absolute atomic E-state index is 10.2. The van der Waals surface area contributed by atoms with Crippen LogP contribution >= 0.6 is 23.7 Å². The highest BCUT2D eigenvalue weighted by Gasteiger charge is 2.02. The smallest absolute Gasteiger partial charge is 0.336 e. The van der Waals surface area contributed by atoms with Crippen LogP contribution in [0.5, 0.6) is 0 Å². The van der Waals surface area contributed by atoms with Gasteiger partial charge in [0.2, 0.25) is 0 Å². The number of carboxylic acid groups (broad SMARTS) is 1. The monoisotopic (exact) mass is 178 g/mol. The Balaban J connectivity index is 0.000000810. The minimum absolute atomic E-state index is 0. The first-order valence-electron chi connectivity index (χ1n) is 2.48. The second kappa shape index (κ2) is 3.58. The summed E-state index contributed by atoms with van der Waals surface area (Å²) >= 11 is 1.45. The lowest BCUT2D eigenvalue weighted by Gasteiger charge is -1.80. The Labute approximate surface area is 68.9 Å². The van der Waals surface area contributed by atoms with Gasteiger partial charge < -0.3 is 5.11 Å². The minimum Gasteiger partial charge on any atom is -0.478 e. The average molecular weight is 179 g/mol. The van der Waals surface area contributed by atoms with E-state index in [-0.39, 0.29) is 12.4 Å². The number of hydrogen-bond donors (Lipinski definition) is 1. The van der Waals surface area contributed by atoms with Gasteiger partial charge >= 0.3 is 5.97 Å². The van der Waals surface area contributed by atoms with Crippen LogP contribution in [-0.2, 0) is 0 Å². The van der Waals surface area contributed by atoms with E-state index >= 15 is 0 Å². The number of thiophene rings is 1. The summed E-state index contributed by atoms with van der Waals surface area (Å²) in [6, 6.07) is 1.66. The van der Waals surface area contributed by atoms with Gasteiger partial charge in [-0.05, 0) is 13.0 Å². The number of hydrogen-bond acceptors (Lipinski definition) is 2. The summed E-state index contributed by atoms with van der Waals surface area (Å²) in [7, 11) is 0. The largest absolute Gasteiger partial charge is 0.478 e. The number of aryl methyl sites for hydroxylation is 1. The SMILES string of the molecule is Cc1cc(C(=O)O)cs1.Cl. The van der Waals surface area contributed by atoms with Gasteiger partial charge in [0.1, 0.15) is 0 Å². The van der Waals surface area contributed by atoms with E-state index in [1.807, 2.05) is 6.92 Å². The van der Waals surface area contributed by atoms with Gasteiger partial charge in [-0.15, -0.1) is 23.7 Å². The average Bonchev–Trinajstić information content (AvgIpc) is 2.14. The summed E-state index contributed by atoms with van der Waals surface area (Å²) in [5, 5.41) is 10.0. The van der Waals surface area contributed by atoms with Gasteiger partial charge in [-0.25, -0.2) is 4.79 Å². The van der Waals surface area contributed by atoms with Crippen molar-refractivity contribution in [1.82, 2.24) is 0 Å². The molecule has 0 amide bonds. The van der Waals surface area contributed by atoms with Crippen LogP contribution in [0.1, 0.15) is 15.2 Å². The lowest BCUT2D eigenvalue weighted by atomic mass is 10.3. The highest BCUT2D eigenvalue weighted by atomic mass is 35.5. The summed E-state index contributed by atoms with van der Waals surface area (Å²) < 4.78 is 0. The molecule has 0 spiro atoms. The van der Waals surface area contributed by atoms with Crippen molar-refractivity contribution in [1.29, 1.82) is 0 Å². The van der Waals surface area contributed by atoms with Gasteiger partial charge in [-0.1, -0.05) is 0 Å². The van der Waals surface area contributed by atoms with Gasteiger partial charge in [0.05, 0.1) is 5.56 Å². The van der Waals surface area contributed by atoms with Crippen LogP contribution in [0.2, 0.25) is 0 Å². The zero-order valence-electron chi connectivity index (χ0n) is 5.33. The molecule has 10 heavy (non-hydrogen) atoms. The number of halogens is 1. The van der Waals surface area contributed by atoms with Crippen LogP contribution in [0.4, 0.5) is 0 Å². The second-order valence-electron chi connectivity index (χ2n) is 1.75. The molecule has 56 valence electrons. The van der Waals surface area contributed by atoms with Crippen molar-refractivity contribution in [2.45, 2.75) is 6.92 Å². The summed E-state index contributed by atoms with van der Waals surface area (Å²) in [6.07, 6.45) is 0. The van der Waals surface area contributed by atoms with E-state index in [9.17, 15) is 4.79 Å². The van der Waals surface area contributed by atoms with Gasteiger partial charge in [-0.3, -0.25) is 0 Å². The molecule has 0 bridgehead atoms. The van der Waals surface area contributed by atoms with Crippen LogP contribution in [-0.4, -0.2) is 11.1 Å². The normalized spacial score (nSPS) is 8.50. The van der Waals surface area contributed by atoms with Crippen LogP contribution in [0.15, 0.2) is 11.4 Å². The van der Waals surface area contributed by atoms with Gasteiger partial charge in [0.25, 0.3) is 0 Å². The summed E-state index contributed by atoms with van der Waals surface area (Å²) in [5.74, 6) is -0.848. The minimum atomic E-state index is -0.848. The van der Waals surface area contributed by atoms with Crippen LogP contribution in [0.25, 0.3) is 0 Å². The maximum Gasteiger partial charge on any atom is 0.336 e. The highest BCUT2D eigenvalue weighted by Crippen LogP contribution is 2.12. The fraction of sp³-hybridized carbons (Fsp3) is 0.167. The van der Waals surface area contributed by atoms with Crippen molar-refractivity contribution in [3.05, 3.63) is 21.9 Å². The van der Waals surface area contributed by atoms with Crippen molar-refractivity contribution in [3.8, 4) is 0 Å². The van der Waals surface area contributed by atoms with E-state index in [1.54, 1.807) is 11.4 Å². The molecule has 0 aromatic carbocycles. The van der Waals surface area contributed by atoms with Crippen LogP contribution in [0.3, 0.4) is 0 Å². The lowest BCUT2D eigenvalue weighted by Crippen LogP contribution is -1.91. The van der Waals surface area contributed by atoms with E-state index in [1.165, 1.54) is 11.3 Å². The predicted octanol–water partition coefficient (Wildman–Crippen LogP) is 2.18. The molecular weight excluding hydrogens is 172 g/mol. The van der Waals surface area contributed by atoms with Crippen molar-refractivity contribution in [2.75, 3.05) is 0 Å². The Hall–Kier alpha value is -0.540. The molecule has 2 nitrogen and oxygen atoms in total. The lowest BCUT2D eigenvalue weighted by molar-refractivity contribution is 0.0697. The van der Waals surface area contributed by atoms with Gasteiger partial charge in [0.15, 0.2) is 0 Å². The van der Waals surface area contributed by atoms with Crippen molar-refractivity contribution in [3.63, 3.8) is 0 Å². The first kappa shape index (κ1) is 9.46. The Bertz CT molecular complexity index is 231. The third-order valence-corrected chi connectivity index (χ3v) is 1.84. The Kier molecular flexibility index (Phi) is 3.39. The number of rotatable bonds is 1. The molecule has 0 atom stereocenters. The van der Waals surface area contributed by atoms with Gasteiger partial charge in [0, 0.05) is 10.3 Å². The molecule has 0 aliphatic heterocycles. The van der Waals surface area contributed by atoms with E-state index in [2.05, 4.69) is 0 Å².